The number of ether oxygens (including phenoxy) is 1. The highest BCUT2D eigenvalue weighted by atomic mass is 16.5. The molecular weight excluding hydrogens is 274 g/mol. The first-order valence-electron chi connectivity index (χ1n) is 8.29. The van der Waals surface area contributed by atoms with E-state index in [4.69, 9.17) is 4.74 Å². The molecule has 3 heteroatoms. The SMILES string of the molecule is CCN(CC)CCC1CC/C(=C\c2ccc(OC)cc2)C1=O. The summed E-state index contributed by atoms with van der Waals surface area (Å²) in [5, 5.41) is 0. The summed E-state index contributed by atoms with van der Waals surface area (Å²) in [6.07, 6.45) is 4.94. The van der Waals surface area contributed by atoms with E-state index < -0.39 is 0 Å². The summed E-state index contributed by atoms with van der Waals surface area (Å²) in [6, 6.07) is 7.87. The van der Waals surface area contributed by atoms with Crippen molar-refractivity contribution in [2.45, 2.75) is 33.1 Å². The molecule has 0 bridgehead atoms. The molecule has 1 aliphatic carbocycles. The minimum atomic E-state index is 0.213. The molecule has 1 aliphatic rings. The molecule has 1 fully saturated rings. The third-order valence-electron chi connectivity index (χ3n) is 4.59. The second kappa shape index (κ2) is 8.14. The van der Waals surface area contributed by atoms with Gasteiger partial charge in [0.05, 0.1) is 7.11 Å². The van der Waals surface area contributed by atoms with Crippen LogP contribution in [0.1, 0.15) is 38.7 Å². The Morgan fingerprint density at radius 1 is 1.23 bits per heavy atom. The van der Waals surface area contributed by atoms with Crippen molar-refractivity contribution < 1.29 is 9.53 Å². The van der Waals surface area contributed by atoms with Crippen LogP contribution in [0.4, 0.5) is 0 Å². The van der Waals surface area contributed by atoms with E-state index in [9.17, 15) is 4.79 Å². The van der Waals surface area contributed by atoms with Gasteiger partial charge in [-0.3, -0.25) is 4.79 Å². The van der Waals surface area contributed by atoms with E-state index in [1.807, 2.05) is 30.3 Å². The average molecular weight is 301 g/mol. The van der Waals surface area contributed by atoms with Crippen molar-refractivity contribution in [1.82, 2.24) is 4.90 Å². The number of Topliss-reactive ketones (excluding diaryl/α,β-unsaturated/α-hetero) is 1. The summed E-state index contributed by atoms with van der Waals surface area (Å²) < 4.78 is 5.16. The van der Waals surface area contributed by atoms with Crippen molar-refractivity contribution in [3.8, 4) is 5.75 Å². The van der Waals surface area contributed by atoms with Crippen molar-refractivity contribution in [3.63, 3.8) is 0 Å². The first kappa shape index (κ1) is 16.8. The Morgan fingerprint density at radius 2 is 1.91 bits per heavy atom. The van der Waals surface area contributed by atoms with Gasteiger partial charge in [0.2, 0.25) is 0 Å². The monoisotopic (exact) mass is 301 g/mol. The van der Waals surface area contributed by atoms with E-state index in [-0.39, 0.29) is 5.92 Å². The highest BCUT2D eigenvalue weighted by molar-refractivity contribution is 6.03. The molecule has 1 saturated carbocycles. The summed E-state index contributed by atoms with van der Waals surface area (Å²) in [5.74, 6) is 1.41. The molecule has 0 heterocycles. The number of hydrogen-bond acceptors (Lipinski definition) is 3. The first-order chi connectivity index (χ1) is 10.7. The van der Waals surface area contributed by atoms with Crippen LogP contribution in [0, 0.1) is 5.92 Å². The third-order valence-corrected chi connectivity index (χ3v) is 4.59. The molecule has 1 aromatic rings. The molecule has 0 amide bonds. The topological polar surface area (TPSA) is 29.5 Å². The van der Waals surface area contributed by atoms with Gasteiger partial charge < -0.3 is 9.64 Å². The van der Waals surface area contributed by atoms with E-state index in [2.05, 4.69) is 18.7 Å². The second-order valence-electron chi connectivity index (χ2n) is 5.86. The molecule has 1 atom stereocenters. The van der Waals surface area contributed by atoms with Crippen molar-refractivity contribution in [2.24, 2.45) is 5.92 Å². The molecule has 0 N–H and O–H groups in total. The van der Waals surface area contributed by atoms with Gasteiger partial charge in [-0.1, -0.05) is 26.0 Å². The van der Waals surface area contributed by atoms with E-state index >= 15 is 0 Å². The number of nitrogens with zero attached hydrogens (tertiary/aromatic N) is 1. The van der Waals surface area contributed by atoms with Gasteiger partial charge in [-0.2, -0.15) is 0 Å². The zero-order valence-electron chi connectivity index (χ0n) is 14.0. The van der Waals surface area contributed by atoms with Crippen LogP contribution in [-0.2, 0) is 4.79 Å². The fraction of sp³-hybridized carbons (Fsp3) is 0.526. The van der Waals surface area contributed by atoms with Crippen molar-refractivity contribution in [3.05, 3.63) is 35.4 Å². The summed E-state index contributed by atoms with van der Waals surface area (Å²) in [4.78, 5) is 14.9. The highest BCUT2D eigenvalue weighted by Crippen LogP contribution is 2.31. The van der Waals surface area contributed by atoms with Crippen molar-refractivity contribution >= 4 is 11.9 Å². The fourth-order valence-electron chi connectivity index (χ4n) is 3.04. The molecule has 0 aromatic heterocycles. The zero-order chi connectivity index (χ0) is 15.9. The molecule has 2 rings (SSSR count). The average Bonchev–Trinajstić information content (AvgIpc) is 2.90. The number of carbonyl (C=O) groups excluding carboxylic acids is 1. The van der Waals surface area contributed by atoms with E-state index in [1.54, 1.807) is 7.11 Å². The van der Waals surface area contributed by atoms with Crippen LogP contribution in [0.3, 0.4) is 0 Å². The van der Waals surface area contributed by atoms with Crippen LogP contribution in [0.25, 0.3) is 6.08 Å². The van der Waals surface area contributed by atoms with Gasteiger partial charge in [0.15, 0.2) is 5.78 Å². The molecule has 3 nitrogen and oxygen atoms in total. The second-order valence-corrected chi connectivity index (χ2v) is 5.86. The van der Waals surface area contributed by atoms with Crippen LogP contribution in [0.5, 0.6) is 5.75 Å². The molecule has 0 aliphatic heterocycles. The lowest BCUT2D eigenvalue weighted by atomic mass is 10.0. The number of ketones is 1. The normalized spacial score (nSPS) is 20.1. The maximum Gasteiger partial charge on any atom is 0.162 e. The Kier molecular flexibility index (Phi) is 6.20. The molecular formula is C19H27NO2. The summed E-state index contributed by atoms with van der Waals surface area (Å²) in [6.45, 7) is 7.50. The number of allylic oxidation sites excluding steroid dienone is 1. The number of rotatable bonds is 7. The summed E-state index contributed by atoms with van der Waals surface area (Å²) >= 11 is 0. The number of benzene rings is 1. The lowest BCUT2D eigenvalue weighted by molar-refractivity contribution is -0.118. The van der Waals surface area contributed by atoms with Crippen LogP contribution >= 0.6 is 0 Å². The third kappa shape index (κ3) is 4.20. The molecule has 0 saturated heterocycles. The maximum atomic E-state index is 12.5. The molecule has 120 valence electrons. The maximum absolute atomic E-state index is 12.5. The predicted octanol–water partition coefficient (Wildman–Crippen LogP) is 3.79. The van der Waals surface area contributed by atoms with Gasteiger partial charge in [-0.15, -0.1) is 0 Å². The van der Waals surface area contributed by atoms with Crippen LogP contribution in [-0.4, -0.2) is 37.4 Å². The van der Waals surface area contributed by atoms with Crippen LogP contribution < -0.4 is 4.74 Å². The van der Waals surface area contributed by atoms with Gasteiger partial charge in [0.1, 0.15) is 5.75 Å². The predicted molar refractivity (Wildman–Crippen MR) is 91.1 cm³/mol. The molecule has 22 heavy (non-hydrogen) atoms. The number of hydrogen-bond donors (Lipinski definition) is 0. The van der Waals surface area contributed by atoms with E-state index in [0.29, 0.717) is 5.78 Å². The number of carbonyl (C=O) groups is 1. The Morgan fingerprint density at radius 3 is 2.50 bits per heavy atom. The Balaban J connectivity index is 1.96. The van der Waals surface area contributed by atoms with E-state index in [0.717, 1.165) is 55.8 Å². The standard InChI is InChI=1S/C19H27NO2/c1-4-20(5-2)13-12-16-8-9-17(19(16)21)14-15-6-10-18(22-3)11-7-15/h6-7,10-11,14,16H,4-5,8-9,12-13H2,1-3H3/b17-14+. The Labute approximate surface area is 134 Å². The Bertz CT molecular complexity index is 515. The molecule has 1 unspecified atom stereocenters. The summed E-state index contributed by atoms with van der Waals surface area (Å²) in [7, 11) is 1.66. The largest absolute Gasteiger partial charge is 0.497 e. The smallest absolute Gasteiger partial charge is 0.162 e. The summed E-state index contributed by atoms with van der Waals surface area (Å²) in [5.41, 5.74) is 2.06. The molecule has 0 radical (unpaired) electrons. The van der Waals surface area contributed by atoms with Gasteiger partial charge in [0.25, 0.3) is 0 Å². The van der Waals surface area contributed by atoms with E-state index in [1.165, 1.54) is 0 Å². The minimum Gasteiger partial charge on any atom is -0.497 e. The van der Waals surface area contributed by atoms with Gasteiger partial charge in [-0.25, -0.2) is 0 Å². The molecule has 1 aromatic carbocycles. The minimum absolute atomic E-state index is 0.213. The van der Waals surface area contributed by atoms with Crippen molar-refractivity contribution in [1.29, 1.82) is 0 Å². The highest BCUT2D eigenvalue weighted by Gasteiger charge is 2.28. The molecule has 0 spiro atoms. The Hall–Kier alpha value is -1.61. The van der Waals surface area contributed by atoms with Crippen LogP contribution in [0.2, 0.25) is 0 Å². The van der Waals surface area contributed by atoms with Gasteiger partial charge >= 0.3 is 0 Å². The van der Waals surface area contributed by atoms with Gasteiger partial charge in [-0.05, 0) is 68.2 Å². The lowest BCUT2D eigenvalue weighted by Crippen LogP contribution is -2.26. The van der Waals surface area contributed by atoms with Crippen LogP contribution in [0.15, 0.2) is 29.8 Å². The lowest BCUT2D eigenvalue weighted by Gasteiger charge is -2.19. The van der Waals surface area contributed by atoms with Gasteiger partial charge in [0, 0.05) is 5.92 Å². The fourth-order valence-corrected chi connectivity index (χ4v) is 3.04. The van der Waals surface area contributed by atoms with Crippen molar-refractivity contribution in [2.75, 3.05) is 26.7 Å². The number of methoxy groups -OCH3 is 1. The quantitative estimate of drug-likeness (QED) is 0.718. The first-order valence-corrected chi connectivity index (χ1v) is 8.29. The zero-order valence-corrected chi connectivity index (χ0v) is 14.0.